The Balaban J connectivity index is 1.58. The molecule has 2 aromatic rings. The van der Waals surface area contributed by atoms with Crippen molar-refractivity contribution < 1.29 is 14.4 Å². The SMILES string of the molecule is CC(C)CNC(=O)c1ccc(NC(=O)C2CC(=O)N(c3ccccc3)C2)cc1. The van der Waals surface area contributed by atoms with Gasteiger partial charge in [-0.15, -0.1) is 0 Å². The molecular weight excluding hydrogens is 354 g/mol. The van der Waals surface area contributed by atoms with Gasteiger partial charge < -0.3 is 15.5 Å². The van der Waals surface area contributed by atoms with E-state index in [-0.39, 0.29) is 24.1 Å². The first-order valence-electron chi connectivity index (χ1n) is 9.48. The molecule has 1 fully saturated rings. The summed E-state index contributed by atoms with van der Waals surface area (Å²) in [5.74, 6) is -0.396. The molecule has 28 heavy (non-hydrogen) atoms. The summed E-state index contributed by atoms with van der Waals surface area (Å²) in [6.45, 7) is 5.05. The van der Waals surface area contributed by atoms with Gasteiger partial charge >= 0.3 is 0 Å². The Kier molecular flexibility index (Phi) is 6.09. The average molecular weight is 379 g/mol. The molecule has 2 N–H and O–H groups in total. The fourth-order valence-corrected chi connectivity index (χ4v) is 3.09. The summed E-state index contributed by atoms with van der Waals surface area (Å²) in [4.78, 5) is 38.5. The van der Waals surface area contributed by atoms with Crippen LogP contribution in [0.25, 0.3) is 0 Å². The number of nitrogens with one attached hydrogen (secondary N) is 2. The van der Waals surface area contributed by atoms with Crippen molar-refractivity contribution in [3.05, 3.63) is 60.2 Å². The Labute approximate surface area is 164 Å². The standard InChI is InChI=1S/C22H25N3O3/c1-15(2)13-23-21(27)16-8-10-18(11-9-16)24-22(28)17-12-20(26)25(14-17)19-6-4-3-5-7-19/h3-11,15,17H,12-14H2,1-2H3,(H,23,27)(H,24,28). The minimum absolute atomic E-state index is 0.0523. The lowest BCUT2D eigenvalue weighted by Crippen LogP contribution is -2.28. The molecule has 3 rings (SSSR count). The summed E-state index contributed by atoms with van der Waals surface area (Å²) in [5, 5.41) is 5.70. The molecule has 1 heterocycles. The van der Waals surface area contributed by atoms with Crippen LogP contribution in [-0.4, -0.2) is 30.8 Å². The zero-order chi connectivity index (χ0) is 20.1. The zero-order valence-corrected chi connectivity index (χ0v) is 16.1. The van der Waals surface area contributed by atoms with Crippen molar-refractivity contribution in [3.8, 4) is 0 Å². The number of nitrogens with zero attached hydrogens (tertiary/aromatic N) is 1. The maximum Gasteiger partial charge on any atom is 0.251 e. The van der Waals surface area contributed by atoms with Crippen molar-refractivity contribution in [1.29, 1.82) is 0 Å². The number of rotatable bonds is 6. The minimum atomic E-state index is -0.401. The third-order valence-electron chi connectivity index (χ3n) is 4.65. The highest BCUT2D eigenvalue weighted by Crippen LogP contribution is 2.25. The van der Waals surface area contributed by atoms with Crippen LogP contribution in [0.4, 0.5) is 11.4 Å². The molecule has 1 aliphatic heterocycles. The lowest BCUT2D eigenvalue weighted by atomic mass is 10.1. The van der Waals surface area contributed by atoms with Gasteiger partial charge in [0.15, 0.2) is 0 Å². The molecule has 0 bridgehead atoms. The number of carbonyl (C=O) groups is 3. The van der Waals surface area contributed by atoms with E-state index in [0.29, 0.717) is 30.3 Å². The first-order valence-corrected chi connectivity index (χ1v) is 9.48. The Morgan fingerprint density at radius 1 is 1.07 bits per heavy atom. The van der Waals surface area contributed by atoms with Crippen LogP contribution >= 0.6 is 0 Å². The lowest BCUT2D eigenvalue weighted by Gasteiger charge is -2.16. The fraction of sp³-hybridized carbons (Fsp3) is 0.318. The first-order chi connectivity index (χ1) is 13.4. The second kappa shape index (κ2) is 8.69. The number of hydrogen-bond donors (Lipinski definition) is 2. The lowest BCUT2D eigenvalue weighted by molar-refractivity contribution is -0.122. The van der Waals surface area contributed by atoms with Crippen LogP contribution in [0, 0.1) is 11.8 Å². The Hall–Kier alpha value is -3.15. The molecule has 1 unspecified atom stereocenters. The quantitative estimate of drug-likeness (QED) is 0.810. The van der Waals surface area contributed by atoms with Crippen LogP contribution in [0.3, 0.4) is 0 Å². The predicted molar refractivity (Wildman–Crippen MR) is 109 cm³/mol. The Bertz CT molecular complexity index is 847. The fourth-order valence-electron chi connectivity index (χ4n) is 3.09. The highest BCUT2D eigenvalue weighted by molar-refractivity contribution is 6.03. The van der Waals surface area contributed by atoms with E-state index in [2.05, 4.69) is 10.6 Å². The highest BCUT2D eigenvalue weighted by atomic mass is 16.2. The monoisotopic (exact) mass is 379 g/mol. The molecule has 1 saturated heterocycles. The molecule has 0 radical (unpaired) electrons. The predicted octanol–water partition coefficient (Wildman–Crippen LogP) is 3.06. The molecule has 3 amide bonds. The minimum Gasteiger partial charge on any atom is -0.352 e. The first kappa shape index (κ1) is 19.6. The molecule has 0 aromatic heterocycles. The van der Waals surface area contributed by atoms with Gasteiger partial charge in [-0.1, -0.05) is 32.0 Å². The van der Waals surface area contributed by atoms with Gasteiger partial charge in [-0.05, 0) is 42.3 Å². The van der Waals surface area contributed by atoms with Crippen LogP contribution in [0.2, 0.25) is 0 Å². The van der Waals surface area contributed by atoms with Gasteiger partial charge in [-0.2, -0.15) is 0 Å². The summed E-state index contributed by atoms with van der Waals surface area (Å²) in [6.07, 6.45) is 0.191. The summed E-state index contributed by atoms with van der Waals surface area (Å²) in [7, 11) is 0. The van der Waals surface area contributed by atoms with Crippen LogP contribution in [0.5, 0.6) is 0 Å². The van der Waals surface area contributed by atoms with Crippen LogP contribution in [0.1, 0.15) is 30.6 Å². The number of carbonyl (C=O) groups excluding carboxylic acids is 3. The second-order valence-electron chi connectivity index (χ2n) is 7.41. The summed E-state index contributed by atoms with van der Waals surface area (Å²) in [5.41, 5.74) is 1.96. The van der Waals surface area contributed by atoms with E-state index in [1.807, 2.05) is 44.2 Å². The van der Waals surface area contributed by atoms with Crippen molar-refractivity contribution in [2.45, 2.75) is 20.3 Å². The maximum atomic E-state index is 12.6. The molecule has 1 atom stereocenters. The van der Waals surface area contributed by atoms with Gasteiger partial charge in [0.1, 0.15) is 0 Å². The van der Waals surface area contributed by atoms with Crippen molar-refractivity contribution in [3.63, 3.8) is 0 Å². The van der Waals surface area contributed by atoms with Gasteiger partial charge in [0.25, 0.3) is 5.91 Å². The van der Waals surface area contributed by atoms with Crippen molar-refractivity contribution in [2.75, 3.05) is 23.3 Å². The van der Waals surface area contributed by atoms with E-state index in [9.17, 15) is 14.4 Å². The smallest absolute Gasteiger partial charge is 0.251 e. The third kappa shape index (κ3) is 4.76. The van der Waals surface area contributed by atoms with Gasteiger partial charge in [0, 0.05) is 36.4 Å². The van der Waals surface area contributed by atoms with E-state index in [4.69, 9.17) is 0 Å². The largest absolute Gasteiger partial charge is 0.352 e. The number of para-hydroxylation sites is 1. The topological polar surface area (TPSA) is 78.5 Å². The maximum absolute atomic E-state index is 12.6. The van der Waals surface area contributed by atoms with Crippen LogP contribution in [0.15, 0.2) is 54.6 Å². The van der Waals surface area contributed by atoms with Gasteiger partial charge in [0.2, 0.25) is 11.8 Å². The van der Waals surface area contributed by atoms with E-state index in [1.54, 1.807) is 29.2 Å². The number of benzene rings is 2. The zero-order valence-electron chi connectivity index (χ0n) is 16.1. The molecular formula is C22H25N3O3. The second-order valence-corrected chi connectivity index (χ2v) is 7.41. The van der Waals surface area contributed by atoms with E-state index in [0.717, 1.165) is 5.69 Å². The third-order valence-corrected chi connectivity index (χ3v) is 4.65. The van der Waals surface area contributed by atoms with E-state index >= 15 is 0 Å². The molecule has 0 spiro atoms. The molecule has 2 aromatic carbocycles. The molecule has 6 heteroatoms. The van der Waals surface area contributed by atoms with Crippen molar-refractivity contribution >= 4 is 29.1 Å². The molecule has 6 nitrogen and oxygen atoms in total. The molecule has 0 saturated carbocycles. The van der Waals surface area contributed by atoms with Gasteiger partial charge in [-0.3, -0.25) is 14.4 Å². The van der Waals surface area contributed by atoms with E-state index in [1.165, 1.54) is 0 Å². The Morgan fingerprint density at radius 2 is 1.75 bits per heavy atom. The summed E-state index contributed by atoms with van der Waals surface area (Å²) >= 11 is 0. The Morgan fingerprint density at radius 3 is 2.39 bits per heavy atom. The number of anilines is 2. The number of hydrogen-bond acceptors (Lipinski definition) is 3. The number of amides is 3. The van der Waals surface area contributed by atoms with Gasteiger partial charge in [0.05, 0.1) is 5.92 Å². The molecule has 0 aliphatic carbocycles. The highest BCUT2D eigenvalue weighted by Gasteiger charge is 2.35. The van der Waals surface area contributed by atoms with Crippen LogP contribution < -0.4 is 15.5 Å². The molecule has 146 valence electrons. The average Bonchev–Trinajstić information content (AvgIpc) is 3.09. The van der Waals surface area contributed by atoms with Gasteiger partial charge in [-0.25, -0.2) is 0 Å². The van der Waals surface area contributed by atoms with Crippen LogP contribution in [-0.2, 0) is 9.59 Å². The van der Waals surface area contributed by atoms with E-state index < -0.39 is 5.92 Å². The normalized spacial score (nSPS) is 16.3. The van der Waals surface area contributed by atoms with Crippen molar-refractivity contribution in [2.24, 2.45) is 11.8 Å². The summed E-state index contributed by atoms with van der Waals surface area (Å²) < 4.78 is 0. The summed E-state index contributed by atoms with van der Waals surface area (Å²) in [6, 6.07) is 16.1. The van der Waals surface area contributed by atoms with Crippen molar-refractivity contribution in [1.82, 2.24) is 5.32 Å². The molecule has 1 aliphatic rings.